The number of ether oxygens (including phenoxy) is 2. The fourth-order valence-corrected chi connectivity index (χ4v) is 3.80. The molecule has 0 saturated carbocycles. The van der Waals surface area contributed by atoms with E-state index >= 15 is 0 Å². The zero-order valence-electron chi connectivity index (χ0n) is 12.3. The third-order valence-corrected chi connectivity index (χ3v) is 4.87. The number of hydrogen-bond acceptors (Lipinski definition) is 4. The number of methoxy groups -OCH3 is 1. The van der Waals surface area contributed by atoms with E-state index in [2.05, 4.69) is 24.1 Å². The Morgan fingerprint density at radius 1 is 1.43 bits per heavy atom. The average molecular weight is 285 g/mol. The minimum atomic E-state index is -0.184. The molecule has 0 saturated heterocycles. The van der Waals surface area contributed by atoms with Crippen LogP contribution >= 0.6 is 0 Å². The van der Waals surface area contributed by atoms with Crippen LogP contribution in [0.2, 0.25) is 0 Å². The minimum Gasteiger partial charge on any atom is -0.508 e. The van der Waals surface area contributed by atoms with Crippen molar-refractivity contribution < 1.29 is 14.6 Å². The van der Waals surface area contributed by atoms with Crippen LogP contribution in [0, 0.1) is 0 Å². The van der Waals surface area contributed by atoms with Crippen LogP contribution in [-0.2, 0) is 12.0 Å². The third kappa shape index (κ3) is 1.65. The van der Waals surface area contributed by atoms with E-state index in [9.17, 15) is 5.11 Å². The molecular weight excluding hydrogens is 266 g/mol. The van der Waals surface area contributed by atoms with Gasteiger partial charge in [-0.1, -0.05) is 12.1 Å². The number of aliphatic hydroxyl groups is 1. The van der Waals surface area contributed by atoms with Gasteiger partial charge in [0.2, 0.25) is 0 Å². The third-order valence-electron chi connectivity index (χ3n) is 4.87. The first-order valence-electron chi connectivity index (χ1n) is 7.29. The van der Waals surface area contributed by atoms with E-state index < -0.39 is 0 Å². The summed E-state index contributed by atoms with van der Waals surface area (Å²) in [6, 6.07) is 4.12. The van der Waals surface area contributed by atoms with Gasteiger partial charge >= 0.3 is 0 Å². The van der Waals surface area contributed by atoms with Crippen LogP contribution in [0.4, 0.5) is 0 Å². The molecule has 1 unspecified atom stereocenters. The van der Waals surface area contributed by atoms with Crippen LogP contribution in [0.1, 0.15) is 17.5 Å². The minimum absolute atomic E-state index is 0.154. The molecule has 0 bridgehead atoms. The molecular formula is C17H19NO3. The van der Waals surface area contributed by atoms with Crippen LogP contribution in [-0.4, -0.2) is 36.8 Å². The van der Waals surface area contributed by atoms with Crippen molar-refractivity contribution in [2.75, 3.05) is 20.7 Å². The lowest BCUT2D eigenvalue weighted by atomic mass is 9.71. The number of benzene rings is 1. The molecule has 4 nitrogen and oxygen atoms in total. The van der Waals surface area contributed by atoms with Gasteiger partial charge in [0.15, 0.2) is 11.5 Å². The van der Waals surface area contributed by atoms with Crippen molar-refractivity contribution >= 4 is 0 Å². The zero-order chi connectivity index (χ0) is 14.6. The summed E-state index contributed by atoms with van der Waals surface area (Å²) in [7, 11) is 3.81. The summed E-state index contributed by atoms with van der Waals surface area (Å²) < 4.78 is 11.7. The summed E-state index contributed by atoms with van der Waals surface area (Å²) in [5, 5.41) is 9.83. The van der Waals surface area contributed by atoms with Gasteiger partial charge in [-0.3, -0.25) is 0 Å². The number of allylic oxidation sites excluding steroid dienone is 1. The fourth-order valence-electron chi connectivity index (χ4n) is 3.80. The van der Waals surface area contributed by atoms with Crippen molar-refractivity contribution in [3.63, 3.8) is 0 Å². The molecule has 0 radical (unpaired) electrons. The van der Waals surface area contributed by atoms with Gasteiger partial charge in [0.25, 0.3) is 0 Å². The molecule has 1 aliphatic carbocycles. The van der Waals surface area contributed by atoms with E-state index in [4.69, 9.17) is 9.47 Å². The largest absolute Gasteiger partial charge is 0.508 e. The Labute approximate surface area is 124 Å². The molecule has 1 aromatic carbocycles. The molecule has 1 N–H and O–H groups in total. The maximum atomic E-state index is 9.83. The second kappa shape index (κ2) is 4.28. The molecule has 110 valence electrons. The predicted octanol–water partition coefficient (Wildman–Crippen LogP) is 2.54. The first kappa shape index (κ1) is 12.8. The maximum absolute atomic E-state index is 9.83. The van der Waals surface area contributed by atoms with Crippen molar-refractivity contribution in [1.29, 1.82) is 0 Å². The molecule has 0 fully saturated rings. The molecule has 0 aromatic heterocycles. The molecule has 0 amide bonds. The van der Waals surface area contributed by atoms with Crippen molar-refractivity contribution in [1.82, 2.24) is 4.90 Å². The molecule has 4 heteroatoms. The number of hydrogen-bond donors (Lipinski definition) is 1. The van der Waals surface area contributed by atoms with E-state index in [-0.39, 0.29) is 17.3 Å². The lowest BCUT2D eigenvalue weighted by molar-refractivity contribution is 0.187. The van der Waals surface area contributed by atoms with Gasteiger partial charge in [0, 0.05) is 12.1 Å². The summed E-state index contributed by atoms with van der Waals surface area (Å²) >= 11 is 0. The number of aliphatic hydroxyl groups excluding tert-OH is 1. The predicted molar refractivity (Wildman–Crippen MR) is 79.9 cm³/mol. The second-order valence-corrected chi connectivity index (χ2v) is 6.12. The highest BCUT2D eigenvalue weighted by atomic mass is 16.5. The number of nitrogens with zero attached hydrogens (tertiary/aromatic N) is 1. The van der Waals surface area contributed by atoms with Crippen LogP contribution in [0.5, 0.6) is 11.5 Å². The standard InChI is InChI=1S/C17H19NO3/c1-18-8-7-17-6-5-12(19)9-14(17)21-16-13(20-2)4-3-11(10-18)15(16)17/h3-6,9,14,19H,7-8,10H2,1-2H3/t14?,17-/m0/s1. The fraction of sp³-hybridized carbons (Fsp3) is 0.412. The molecule has 4 rings (SSSR count). The van der Waals surface area contributed by atoms with Crippen LogP contribution in [0.3, 0.4) is 0 Å². The monoisotopic (exact) mass is 285 g/mol. The quantitative estimate of drug-likeness (QED) is 0.861. The van der Waals surface area contributed by atoms with Gasteiger partial charge in [-0.2, -0.15) is 0 Å². The highest BCUT2D eigenvalue weighted by Gasteiger charge is 2.51. The SMILES string of the molecule is COc1ccc2c3c1OC1C=C(O)C=C[C@@]31CCN(C)C2. The van der Waals surface area contributed by atoms with Crippen molar-refractivity contribution in [2.45, 2.75) is 24.5 Å². The Morgan fingerprint density at radius 3 is 3.10 bits per heavy atom. The Bertz CT molecular complexity index is 664. The first-order valence-corrected chi connectivity index (χ1v) is 7.29. The van der Waals surface area contributed by atoms with E-state index in [1.54, 1.807) is 13.2 Å². The lowest BCUT2D eigenvalue weighted by Gasteiger charge is -2.32. The van der Waals surface area contributed by atoms with Gasteiger partial charge < -0.3 is 19.5 Å². The smallest absolute Gasteiger partial charge is 0.166 e. The Hall–Kier alpha value is -1.94. The number of rotatable bonds is 1. The van der Waals surface area contributed by atoms with Gasteiger partial charge in [-0.25, -0.2) is 0 Å². The molecule has 21 heavy (non-hydrogen) atoms. The molecule has 2 aliphatic heterocycles. The van der Waals surface area contributed by atoms with Crippen molar-refractivity contribution in [3.8, 4) is 11.5 Å². The summed E-state index contributed by atoms with van der Waals surface area (Å²) in [5.41, 5.74) is 2.33. The Kier molecular flexibility index (Phi) is 2.60. The summed E-state index contributed by atoms with van der Waals surface area (Å²) in [6.07, 6.45) is 6.54. The topological polar surface area (TPSA) is 41.9 Å². The van der Waals surface area contributed by atoms with Crippen LogP contribution in [0.25, 0.3) is 0 Å². The lowest BCUT2D eigenvalue weighted by Crippen LogP contribution is -2.38. The van der Waals surface area contributed by atoms with E-state index in [0.29, 0.717) is 0 Å². The zero-order valence-corrected chi connectivity index (χ0v) is 12.3. The van der Waals surface area contributed by atoms with Gasteiger partial charge in [-0.05, 0) is 43.8 Å². The first-order chi connectivity index (χ1) is 10.1. The normalized spacial score (nSPS) is 30.0. The molecule has 1 spiro atoms. The van der Waals surface area contributed by atoms with Crippen LogP contribution in [0.15, 0.2) is 36.1 Å². The van der Waals surface area contributed by atoms with Gasteiger partial charge in [0.1, 0.15) is 11.9 Å². The average Bonchev–Trinajstić information content (AvgIpc) is 2.72. The highest BCUT2D eigenvalue weighted by molar-refractivity contribution is 5.62. The van der Waals surface area contributed by atoms with Gasteiger partial charge in [0.05, 0.1) is 12.5 Å². The second-order valence-electron chi connectivity index (χ2n) is 6.12. The van der Waals surface area contributed by atoms with E-state index in [1.165, 1.54) is 11.1 Å². The van der Waals surface area contributed by atoms with Crippen LogP contribution < -0.4 is 9.47 Å². The van der Waals surface area contributed by atoms with Crippen molar-refractivity contribution in [2.24, 2.45) is 0 Å². The Morgan fingerprint density at radius 2 is 2.29 bits per heavy atom. The van der Waals surface area contributed by atoms with E-state index in [1.807, 2.05) is 12.1 Å². The van der Waals surface area contributed by atoms with Crippen molar-refractivity contribution in [3.05, 3.63) is 47.2 Å². The maximum Gasteiger partial charge on any atom is 0.166 e. The molecule has 2 atom stereocenters. The summed E-state index contributed by atoms with van der Waals surface area (Å²) in [4.78, 5) is 2.33. The van der Waals surface area contributed by atoms with Gasteiger partial charge in [-0.15, -0.1) is 0 Å². The molecule has 1 aromatic rings. The summed E-state index contributed by atoms with van der Waals surface area (Å²) in [5.74, 6) is 1.89. The molecule has 2 heterocycles. The molecule has 3 aliphatic rings. The Balaban J connectivity index is 1.98. The summed E-state index contributed by atoms with van der Waals surface area (Å²) in [6.45, 7) is 1.91. The highest BCUT2D eigenvalue weighted by Crippen LogP contribution is 2.54. The van der Waals surface area contributed by atoms with E-state index in [0.717, 1.165) is 31.0 Å².